The molecule has 4 N–H and O–H groups in total. The van der Waals surface area contributed by atoms with E-state index < -0.39 is 0 Å². The monoisotopic (exact) mass is 174 g/mol. The summed E-state index contributed by atoms with van der Waals surface area (Å²) >= 11 is 0. The highest BCUT2D eigenvalue weighted by Crippen LogP contribution is 2.17. The van der Waals surface area contributed by atoms with Gasteiger partial charge in [-0.25, -0.2) is 4.98 Å². The van der Waals surface area contributed by atoms with Crippen LogP contribution in [0.25, 0.3) is 5.69 Å². The average molecular weight is 174 g/mol. The highest BCUT2D eigenvalue weighted by molar-refractivity contribution is 5.57. The van der Waals surface area contributed by atoms with Crippen LogP contribution in [0.15, 0.2) is 36.7 Å². The van der Waals surface area contributed by atoms with Gasteiger partial charge in [0.25, 0.3) is 0 Å². The summed E-state index contributed by atoms with van der Waals surface area (Å²) in [5.74, 6) is 0.843. The number of anilines is 2. The number of para-hydroxylation sites is 1. The van der Waals surface area contributed by atoms with E-state index in [1.807, 2.05) is 30.3 Å². The summed E-state index contributed by atoms with van der Waals surface area (Å²) in [4.78, 5) is 3.91. The van der Waals surface area contributed by atoms with Gasteiger partial charge in [0.1, 0.15) is 6.33 Å². The van der Waals surface area contributed by atoms with E-state index in [-0.39, 0.29) is 0 Å². The predicted molar refractivity (Wildman–Crippen MR) is 52.4 cm³/mol. The average Bonchev–Trinajstić information content (AvgIpc) is 2.49. The van der Waals surface area contributed by atoms with Crippen molar-refractivity contribution in [1.29, 1.82) is 0 Å². The molecular weight excluding hydrogens is 164 g/mol. The molecule has 0 saturated carbocycles. The van der Waals surface area contributed by atoms with Gasteiger partial charge in [0.2, 0.25) is 0 Å². The van der Waals surface area contributed by atoms with Crippen molar-refractivity contribution in [3.8, 4) is 5.69 Å². The second-order valence-electron chi connectivity index (χ2n) is 2.72. The van der Waals surface area contributed by atoms with Crippen LogP contribution in [0, 0.1) is 0 Å². The normalized spacial score (nSPS) is 10.2. The third-order valence-corrected chi connectivity index (χ3v) is 1.87. The van der Waals surface area contributed by atoms with E-state index in [0.29, 0.717) is 11.6 Å². The molecule has 0 radical (unpaired) electrons. The van der Waals surface area contributed by atoms with Crippen LogP contribution in [0.2, 0.25) is 0 Å². The Hall–Kier alpha value is -1.97. The fourth-order valence-electron chi connectivity index (χ4n) is 1.17. The van der Waals surface area contributed by atoms with Crippen LogP contribution in [-0.2, 0) is 0 Å². The van der Waals surface area contributed by atoms with E-state index in [2.05, 4.69) is 4.98 Å². The molecule has 2 aromatic rings. The quantitative estimate of drug-likeness (QED) is 0.678. The maximum Gasteiger partial charge on any atom is 0.166 e. The minimum absolute atomic E-state index is 0.365. The molecule has 13 heavy (non-hydrogen) atoms. The van der Waals surface area contributed by atoms with Gasteiger partial charge in [-0.05, 0) is 12.1 Å². The van der Waals surface area contributed by atoms with Gasteiger partial charge in [0.15, 0.2) is 11.6 Å². The number of nitrogen functional groups attached to an aromatic ring is 2. The number of benzene rings is 1. The van der Waals surface area contributed by atoms with Crippen molar-refractivity contribution in [2.45, 2.75) is 0 Å². The van der Waals surface area contributed by atoms with Gasteiger partial charge >= 0.3 is 0 Å². The molecule has 1 heterocycles. The molecule has 0 atom stereocenters. The van der Waals surface area contributed by atoms with Crippen LogP contribution in [-0.4, -0.2) is 9.55 Å². The lowest BCUT2D eigenvalue weighted by Gasteiger charge is -2.03. The van der Waals surface area contributed by atoms with Crippen molar-refractivity contribution in [1.82, 2.24) is 9.55 Å². The lowest BCUT2D eigenvalue weighted by Crippen LogP contribution is -2.00. The summed E-state index contributed by atoms with van der Waals surface area (Å²) in [5, 5.41) is 0. The molecule has 0 bridgehead atoms. The number of imidazole rings is 1. The van der Waals surface area contributed by atoms with Crippen LogP contribution in [0.3, 0.4) is 0 Å². The van der Waals surface area contributed by atoms with Crippen LogP contribution >= 0.6 is 0 Å². The summed E-state index contributed by atoms with van der Waals surface area (Å²) in [5.41, 5.74) is 12.2. The lowest BCUT2D eigenvalue weighted by molar-refractivity contribution is 1.07. The van der Waals surface area contributed by atoms with E-state index >= 15 is 0 Å². The molecule has 4 heteroatoms. The first kappa shape index (κ1) is 7.67. The van der Waals surface area contributed by atoms with Crippen molar-refractivity contribution in [3.05, 3.63) is 36.7 Å². The van der Waals surface area contributed by atoms with Crippen molar-refractivity contribution in [2.75, 3.05) is 11.5 Å². The Morgan fingerprint density at radius 3 is 2.31 bits per heavy atom. The van der Waals surface area contributed by atoms with E-state index in [4.69, 9.17) is 11.5 Å². The number of aromatic nitrogens is 2. The van der Waals surface area contributed by atoms with E-state index in [0.717, 1.165) is 5.69 Å². The Labute approximate surface area is 75.8 Å². The largest absolute Gasteiger partial charge is 0.382 e. The Bertz CT molecular complexity index is 405. The molecule has 0 fully saturated rings. The van der Waals surface area contributed by atoms with Crippen molar-refractivity contribution >= 4 is 11.6 Å². The molecule has 2 rings (SSSR count). The van der Waals surface area contributed by atoms with Gasteiger partial charge in [0.05, 0.1) is 0 Å². The van der Waals surface area contributed by atoms with Crippen molar-refractivity contribution < 1.29 is 0 Å². The second-order valence-corrected chi connectivity index (χ2v) is 2.72. The molecular formula is C9H10N4. The summed E-state index contributed by atoms with van der Waals surface area (Å²) in [6.07, 6.45) is 1.61. The standard InChI is InChI=1S/C9H10N4/c10-8-9(11)13(6-12-8)7-4-2-1-3-5-7/h1-6H,10-11H2. The topological polar surface area (TPSA) is 69.9 Å². The SMILES string of the molecule is Nc1ncn(-c2ccccc2)c1N. The summed E-state index contributed by atoms with van der Waals surface area (Å²) in [7, 11) is 0. The molecule has 0 aliphatic heterocycles. The molecule has 1 aromatic heterocycles. The van der Waals surface area contributed by atoms with E-state index in [9.17, 15) is 0 Å². The van der Waals surface area contributed by atoms with Gasteiger partial charge < -0.3 is 11.5 Å². The maximum atomic E-state index is 5.71. The number of hydrogen-bond acceptors (Lipinski definition) is 3. The molecule has 0 aliphatic carbocycles. The first-order valence-corrected chi connectivity index (χ1v) is 3.93. The molecule has 0 unspecified atom stereocenters. The zero-order valence-electron chi connectivity index (χ0n) is 7.01. The predicted octanol–water partition coefficient (Wildman–Crippen LogP) is 1.04. The van der Waals surface area contributed by atoms with Gasteiger partial charge in [-0.1, -0.05) is 18.2 Å². The molecule has 0 spiro atoms. The zero-order valence-corrected chi connectivity index (χ0v) is 7.01. The Balaban J connectivity index is 2.53. The third-order valence-electron chi connectivity index (χ3n) is 1.87. The zero-order chi connectivity index (χ0) is 9.26. The highest BCUT2D eigenvalue weighted by Gasteiger charge is 2.03. The number of rotatable bonds is 1. The Kier molecular flexibility index (Phi) is 1.66. The van der Waals surface area contributed by atoms with Gasteiger partial charge in [-0.3, -0.25) is 4.57 Å². The Morgan fingerprint density at radius 2 is 1.77 bits per heavy atom. The summed E-state index contributed by atoms with van der Waals surface area (Å²) in [6, 6.07) is 9.70. The number of nitrogens with zero attached hydrogens (tertiary/aromatic N) is 2. The van der Waals surface area contributed by atoms with Crippen LogP contribution in [0.4, 0.5) is 11.6 Å². The van der Waals surface area contributed by atoms with Crippen molar-refractivity contribution in [3.63, 3.8) is 0 Å². The smallest absolute Gasteiger partial charge is 0.166 e. The van der Waals surface area contributed by atoms with Crippen LogP contribution < -0.4 is 11.5 Å². The first-order valence-electron chi connectivity index (χ1n) is 3.93. The van der Waals surface area contributed by atoms with Crippen LogP contribution in [0.5, 0.6) is 0 Å². The molecule has 66 valence electrons. The molecule has 0 aliphatic rings. The molecule has 0 saturated heterocycles. The fraction of sp³-hybridized carbons (Fsp3) is 0. The second kappa shape index (κ2) is 2.82. The fourth-order valence-corrected chi connectivity index (χ4v) is 1.17. The lowest BCUT2D eigenvalue weighted by atomic mass is 10.3. The van der Waals surface area contributed by atoms with Crippen molar-refractivity contribution in [2.24, 2.45) is 0 Å². The maximum absolute atomic E-state index is 5.71. The summed E-state index contributed by atoms with van der Waals surface area (Å²) < 4.78 is 1.75. The molecule has 4 nitrogen and oxygen atoms in total. The Morgan fingerprint density at radius 1 is 1.08 bits per heavy atom. The van der Waals surface area contributed by atoms with E-state index in [1.54, 1.807) is 10.9 Å². The van der Waals surface area contributed by atoms with Gasteiger partial charge in [0, 0.05) is 5.69 Å². The van der Waals surface area contributed by atoms with Gasteiger partial charge in [-0.15, -0.1) is 0 Å². The van der Waals surface area contributed by atoms with Gasteiger partial charge in [-0.2, -0.15) is 0 Å². The molecule has 0 amide bonds. The summed E-state index contributed by atoms with van der Waals surface area (Å²) in [6.45, 7) is 0. The minimum Gasteiger partial charge on any atom is -0.382 e. The van der Waals surface area contributed by atoms with E-state index in [1.165, 1.54) is 0 Å². The highest BCUT2D eigenvalue weighted by atomic mass is 15.1. The van der Waals surface area contributed by atoms with Crippen LogP contribution in [0.1, 0.15) is 0 Å². The third kappa shape index (κ3) is 1.22. The number of nitrogens with two attached hydrogens (primary N) is 2. The molecule has 1 aromatic carbocycles. The number of hydrogen-bond donors (Lipinski definition) is 2. The first-order chi connectivity index (χ1) is 6.29. The minimum atomic E-state index is 0.365.